The number of hydrogen-bond acceptors (Lipinski definition) is 3. The van der Waals surface area contributed by atoms with E-state index in [2.05, 4.69) is 17.6 Å². The molecule has 0 radical (unpaired) electrons. The van der Waals surface area contributed by atoms with Gasteiger partial charge in [-0.05, 0) is 42.0 Å². The highest BCUT2D eigenvalue weighted by atomic mass is 32.1. The van der Waals surface area contributed by atoms with Crippen molar-refractivity contribution in [3.05, 3.63) is 52.2 Å². The molecular formula is C17H20N2O2S. The Labute approximate surface area is 134 Å². The van der Waals surface area contributed by atoms with E-state index in [4.69, 9.17) is 0 Å². The SMILES string of the molecule is CCc1ccc(NC(=O)CCCNC(=O)c2cccs2)cc1. The lowest BCUT2D eigenvalue weighted by Gasteiger charge is -2.06. The summed E-state index contributed by atoms with van der Waals surface area (Å²) in [7, 11) is 0. The molecule has 2 N–H and O–H groups in total. The van der Waals surface area contributed by atoms with E-state index in [9.17, 15) is 9.59 Å². The van der Waals surface area contributed by atoms with E-state index in [1.807, 2.05) is 35.7 Å². The molecule has 0 fully saturated rings. The maximum absolute atomic E-state index is 11.8. The van der Waals surface area contributed by atoms with Gasteiger partial charge < -0.3 is 10.6 Å². The van der Waals surface area contributed by atoms with Crippen LogP contribution < -0.4 is 10.6 Å². The van der Waals surface area contributed by atoms with E-state index >= 15 is 0 Å². The molecule has 0 unspecified atom stereocenters. The van der Waals surface area contributed by atoms with Crippen LogP contribution in [-0.2, 0) is 11.2 Å². The summed E-state index contributed by atoms with van der Waals surface area (Å²) in [5, 5.41) is 7.54. The lowest BCUT2D eigenvalue weighted by molar-refractivity contribution is -0.116. The van der Waals surface area contributed by atoms with Crippen LogP contribution in [-0.4, -0.2) is 18.4 Å². The number of carbonyl (C=O) groups is 2. The minimum Gasteiger partial charge on any atom is -0.351 e. The van der Waals surface area contributed by atoms with Gasteiger partial charge in [0.25, 0.3) is 5.91 Å². The van der Waals surface area contributed by atoms with Crippen LogP contribution in [0.2, 0.25) is 0 Å². The molecule has 0 aliphatic heterocycles. The highest BCUT2D eigenvalue weighted by Crippen LogP contribution is 2.11. The average Bonchev–Trinajstić information content (AvgIpc) is 3.06. The molecule has 22 heavy (non-hydrogen) atoms. The second kappa shape index (κ2) is 8.34. The second-order valence-corrected chi connectivity index (χ2v) is 5.88. The van der Waals surface area contributed by atoms with E-state index in [-0.39, 0.29) is 11.8 Å². The molecule has 2 rings (SSSR count). The second-order valence-electron chi connectivity index (χ2n) is 4.94. The molecule has 0 aliphatic rings. The highest BCUT2D eigenvalue weighted by molar-refractivity contribution is 7.12. The van der Waals surface area contributed by atoms with Gasteiger partial charge in [0.2, 0.25) is 5.91 Å². The summed E-state index contributed by atoms with van der Waals surface area (Å²) in [6.45, 7) is 2.59. The predicted octanol–water partition coefficient (Wildman–Crippen LogP) is 3.46. The predicted molar refractivity (Wildman–Crippen MR) is 90.3 cm³/mol. The number of hydrogen-bond donors (Lipinski definition) is 2. The lowest BCUT2D eigenvalue weighted by Crippen LogP contribution is -2.24. The first-order valence-electron chi connectivity index (χ1n) is 7.39. The minimum absolute atomic E-state index is 0.0328. The third-order valence-corrected chi connectivity index (χ3v) is 4.13. The molecule has 0 bridgehead atoms. The standard InChI is InChI=1S/C17H20N2O2S/c1-2-13-7-9-14(10-8-13)19-16(20)6-3-11-18-17(21)15-5-4-12-22-15/h4-5,7-10,12H,2-3,6,11H2,1H3,(H,18,21)(H,19,20). The van der Waals surface area contributed by atoms with Gasteiger partial charge in [-0.25, -0.2) is 0 Å². The average molecular weight is 316 g/mol. The summed E-state index contributed by atoms with van der Waals surface area (Å²) in [4.78, 5) is 24.2. The van der Waals surface area contributed by atoms with E-state index in [1.54, 1.807) is 6.07 Å². The zero-order valence-electron chi connectivity index (χ0n) is 12.6. The van der Waals surface area contributed by atoms with Gasteiger partial charge in [0.05, 0.1) is 4.88 Å². The molecule has 0 saturated carbocycles. The van der Waals surface area contributed by atoms with Crippen LogP contribution in [0.25, 0.3) is 0 Å². The van der Waals surface area contributed by atoms with Crippen LogP contribution >= 0.6 is 11.3 Å². The topological polar surface area (TPSA) is 58.2 Å². The van der Waals surface area contributed by atoms with Crippen LogP contribution in [0.15, 0.2) is 41.8 Å². The Morgan fingerprint density at radius 2 is 1.91 bits per heavy atom. The van der Waals surface area contributed by atoms with Crippen molar-refractivity contribution < 1.29 is 9.59 Å². The van der Waals surface area contributed by atoms with Crippen LogP contribution in [0.1, 0.15) is 35.0 Å². The number of thiophene rings is 1. The molecule has 0 spiro atoms. The van der Waals surface area contributed by atoms with Gasteiger partial charge >= 0.3 is 0 Å². The van der Waals surface area contributed by atoms with Crippen molar-refractivity contribution in [2.24, 2.45) is 0 Å². The fourth-order valence-corrected chi connectivity index (χ4v) is 2.63. The van der Waals surface area contributed by atoms with Crippen LogP contribution in [0.4, 0.5) is 5.69 Å². The minimum atomic E-state index is -0.0782. The molecule has 116 valence electrons. The van der Waals surface area contributed by atoms with Crippen LogP contribution in [0, 0.1) is 0 Å². The summed E-state index contributed by atoms with van der Waals surface area (Å²) < 4.78 is 0. The zero-order chi connectivity index (χ0) is 15.8. The number of rotatable bonds is 7. The fraction of sp³-hybridized carbons (Fsp3) is 0.294. The van der Waals surface area contributed by atoms with Crippen LogP contribution in [0.5, 0.6) is 0 Å². The molecule has 5 heteroatoms. The van der Waals surface area contributed by atoms with Crippen molar-refractivity contribution >= 4 is 28.8 Å². The van der Waals surface area contributed by atoms with E-state index < -0.39 is 0 Å². The quantitative estimate of drug-likeness (QED) is 0.769. The van der Waals surface area contributed by atoms with Gasteiger partial charge in [0.1, 0.15) is 0 Å². The van der Waals surface area contributed by atoms with E-state index in [0.717, 1.165) is 12.1 Å². The van der Waals surface area contributed by atoms with Gasteiger partial charge in [-0.2, -0.15) is 0 Å². The maximum atomic E-state index is 11.8. The molecule has 1 aromatic carbocycles. The third kappa shape index (κ3) is 5.00. The molecule has 2 amide bonds. The Morgan fingerprint density at radius 1 is 1.14 bits per heavy atom. The van der Waals surface area contributed by atoms with Crippen molar-refractivity contribution in [1.82, 2.24) is 5.32 Å². The number of anilines is 1. The Balaban J connectivity index is 1.66. The molecule has 4 nitrogen and oxygen atoms in total. The lowest BCUT2D eigenvalue weighted by atomic mass is 10.1. The normalized spacial score (nSPS) is 10.2. The summed E-state index contributed by atoms with van der Waals surface area (Å²) in [5.41, 5.74) is 2.05. The Morgan fingerprint density at radius 3 is 2.55 bits per heavy atom. The molecular weight excluding hydrogens is 296 g/mol. The molecule has 1 heterocycles. The number of carbonyl (C=O) groups excluding carboxylic acids is 2. The number of nitrogens with one attached hydrogen (secondary N) is 2. The molecule has 0 aliphatic carbocycles. The van der Waals surface area contributed by atoms with Crippen molar-refractivity contribution in [2.45, 2.75) is 26.2 Å². The first kappa shape index (κ1) is 16.2. The largest absolute Gasteiger partial charge is 0.351 e. The van der Waals surface area contributed by atoms with Crippen LogP contribution in [0.3, 0.4) is 0 Å². The molecule has 0 saturated heterocycles. The first-order chi connectivity index (χ1) is 10.7. The van der Waals surface area contributed by atoms with Gasteiger partial charge in [0.15, 0.2) is 0 Å². The third-order valence-electron chi connectivity index (χ3n) is 3.26. The van der Waals surface area contributed by atoms with Gasteiger partial charge in [-0.3, -0.25) is 9.59 Å². The van der Waals surface area contributed by atoms with Crippen molar-refractivity contribution in [1.29, 1.82) is 0 Å². The van der Waals surface area contributed by atoms with E-state index in [0.29, 0.717) is 24.3 Å². The maximum Gasteiger partial charge on any atom is 0.261 e. The Bertz CT molecular complexity index is 606. The van der Waals surface area contributed by atoms with Gasteiger partial charge in [-0.1, -0.05) is 25.1 Å². The van der Waals surface area contributed by atoms with Gasteiger partial charge in [-0.15, -0.1) is 11.3 Å². The smallest absolute Gasteiger partial charge is 0.261 e. The van der Waals surface area contributed by atoms with Crippen molar-refractivity contribution in [2.75, 3.05) is 11.9 Å². The van der Waals surface area contributed by atoms with E-state index in [1.165, 1.54) is 16.9 Å². The summed E-state index contributed by atoms with van der Waals surface area (Å²) >= 11 is 1.41. The Hall–Kier alpha value is -2.14. The monoisotopic (exact) mass is 316 g/mol. The fourth-order valence-electron chi connectivity index (χ4n) is 1.99. The molecule has 1 aromatic heterocycles. The molecule has 2 aromatic rings. The number of aryl methyl sites for hydroxylation is 1. The number of benzene rings is 1. The Kier molecular flexibility index (Phi) is 6.15. The highest BCUT2D eigenvalue weighted by Gasteiger charge is 2.06. The van der Waals surface area contributed by atoms with Crippen molar-refractivity contribution in [3.8, 4) is 0 Å². The summed E-state index contributed by atoms with van der Waals surface area (Å²) in [6.07, 6.45) is 1.99. The molecule has 0 atom stereocenters. The van der Waals surface area contributed by atoms with Crippen molar-refractivity contribution in [3.63, 3.8) is 0 Å². The summed E-state index contributed by atoms with van der Waals surface area (Å²) in [5.74, 6) is -0.111. The van der Waals surface area contributed by atoms with Gasteiger partial charge in [0, 0.05) is 18.7 Å². The number of amides is 2. The zero-order valence-corrected chi connectivity index (χ0v) is 13.4. The summed E-state index contributed by atoms with van der Waals surface area (Å²) in [6, 6.07) is 11.5. The first-order valence-corrected chi connectivity index (χ1v) is 8.27.